The van der Waals surface area contributed by atoms with Crippen molar-refractivity contribution in [2.24, 2.45) is 0 Å². The largest absolute Gasteiger partial charge is 0.340 e. The number of hydrogen-bond acceptors (Lipinski definition) is 3. The maximum Gasteiger partial charge on any atom is 0.222 e. The SMILES string of the molecule is O=C(CCc1c(Cl)cccc1Cl)N1CC[C@H](n2ccnn2)C1. The Bertz CT molecular complexity index is 639. The van der Waals surface area contributed by atoms with E-state index in [2.05, 4.69) is 10.3 Å². The summed E-state index contributed by atoms with van der Waals surface area (Å²) in [5.41, 5.74) is 0.839. The first-order valence-electron chi connectivity index (χ1n) is 7.21. The zero-order valence-corrected chi connectivity index (χ0v) is 13.5. The number of likely N-dealkylation sites (tertiary alicyclic amines) is 1. The minimum atomic E-state index is 0.124. The lowest BCUT2D eigenvalue weighted by molar-refractivity contribution is -0.130. The molecule has 1 aliphatic heterocycles. The highest BCUT2D eigenvalue weighted by Crippen LogP contribution is 2.26. The van der Waals surface area contributed by atoms with Crippen LogP contribution in [0.4, 0.5) is 0 Å². The zero-order valence-electron chi connectivity index (χ0n) is 12.0. The fourth-order valence-electron chi connectivity index (χ4n) is 2.76. The third kappa shape index (κ3) is 3.25. The first-order valence-corrected chi connectivity index (χ1v) is 7.97. The first-order chi connectivity index (χ1) is 10.6. The highest BCUT2D eigenvalue weighted by molar-refractivity contribution is 6.36. The average Bonchev–Trinajstić information content (AvgIpc) is 3.17. The molecule has 1 atom stereocenters. The second kappa shape index (κ2) is 6.67. The number of carbonyl (C=O) groups excluding carboxylic acids is 1. The van der Waals surface area contributed by atoms with Gasteiger partial charge >= 0.3 is 0 Å². The molecule has 1 aromatic carbocycles. The number of halogens is 2. The minimum Gasteiger partial charge on any atom is -0.340 e. The van der Waals surface area contributed by atoms with Crippen molar-refractivity contribution in [3.05, 3.63) is 46.2 Å². The monoisotopic (exact) mass is 338 g/mol. The summed E-state index contributed by atoms with van der Waals surface area (Å²) in [5, 5.41) is 9.04. The molecular weight excluding hydrogens is 323 g/mol. The van der Waals surface area contributed by atoms with Crippen LogP contribution in [0.25, 0.3) is 0 Å². The van der Waals surface area contributed by atoms with E-state index in [0.717, 1.165) is 18.5 Å². The molecule has 116 valence electrons. The molecule has 0 unspecified atom stereocenters. The van der Waals surface area contributed by atoms with Gasteiger partial charge in [-0.05, 0) is 30.5 Å². The van der Waals surface area contributed by atoms with Crippen LogP contribution < -0.4 is 0 Å². The lowest BCUT2D eigenvalue weighted by Crippen LogP contribution is -2.29. The van der Waals surface area contributed by atoms with E-state index in [1.807, 2.05) is 15.8 Å². The van der Waals surface area contributed by atoms with Gasteiger partial charge in [-0.25, -0.2) is 4.68 Å². The topological polar surface area (TPSA) is 51.0 Å². The van der Waals surface area contributed by atoms with Crippen LogP contribution in [0.5, 0.6) is 0 Å². The highest BCUT2D eigenvalue weighted by Gasteiger charge is 2.27. The molecule has 0 radical (unpaired) electrons. The molecule has 1 fully saturated rings. The maximum atomic E-state index is 12.4. The van der Waals surface area contributed by atoms with Crippen LogP contribution in [0, 0.1) is 0 Å². The third-order valence-electron chi connectivity index (χ3n) is 3.98. The number of benzene rings is 1. The minimum absolute atomic E-state index is 0.124. The van der Waals surface area contributed by atoms with Crippen LogP contribution in [-0.2, 0) is 11.2 Å². The average molecular weight is 339 g/mol. The lowest BCUT2D eigenvalue weighted by Gasteiger charge is -2.17. The van der Waals surface area contributed by atoms with Gasteiger partial charge in [-0.15, -0.1) is 5.10 Å². The normalized spacial score (nSPS) is 17.9. The summed E-state index contributed by atoms with van der Waals surface area (Å²) in [4.78, 5) is 14.2. The molecule has 0 N–H and O–H groups in total. The summed E-state index contributed by atoms with van der Waals surface area (Å²) in [6.45, 7) is 1.43. The van der Waals surface area contributed by atoms with Gasteiger partial charge in [0.15, 0.2) is 0 Å². The smallest absolute Gasteiger partial charge is 0.222 e. The quantitative estimate of drug-likeness (QED) is 0.860. The number of hydrogen-bond donors (Lipinski definition) is 0. The number of carbonyl (C=O) groups is 1. The Morgan fingerprint density at radius 1 is 1.32 bits per heavy atom. The number of rotatable bonds is 4. The van der Waals surface area contributed by atoms with Gasteiger partial charge in [0.1, 0.15) is 0 Å². The maximum absolute atomic E-state index is 12.4. The van der Waals surface area contributed by atoms with E-state index in [-0.39, 0.29) is 11.9 Å². The lowest BCUT2D eigenvalue weighted by atomic mass is 10.1. The fraction of sp³-hybridized carbons (Fsp3) is 0.400. The summed E-state index contributed by atoms with van der Waals surface area (Å²) in [7, 11) is 0. The Kier molecular flexibility index (Phi) is 4.64. The molecule has 0 spiro atoms. The van der Waals surface area contributed by atoms with Gasteiger partial charge in [0, 0.05) is 35.8 Å². The van der Waals surface area contributed by atoms with Crippen LogP contribution in [0.1, 0.15) is 24.4 Å². The molecule has 22 heavy (non-hydrogen) atoms. The van der Waals surface area contributed by atoms with E-state index < -0.39 is 0 Å². The number of amides is 1. The highest BCUT2D eigenvalue weighted by atomic mass is 35.5. The molecule has 3 rings (SSSR count). The molecule has 1 amide bonds. The van der Waals surface area contributed by atoms with E-state index in [1.54, 1.807) is 24.4 Å². The molecule has 2 heterocycles. The molecule has 0 aliphatic carbocycles. The van der Waals surface area contributed by atoms with E-state index in [4.69, 9.17) is 23.2 Å². The molecule has 1 aliphatic rings. The predicted molar refractivity (Wildman–Crippen MR) is 85.0 cm³/mol. The fourth-order valence-corrected chi connectivity index (χ4v) is 3.34. The van der Waals surface area contributed by atoms with E-state index in [9.17, 15) is 4.79 Å². The van der Waals surface area contributed by atoms with Gasteiger partial charge in [-0.2, -0.15) is 0 Å². The Hall–Kier alpha value is -1.59. The second-order valence-corrected chi connectivity index (χ2v) is 6.18. The Morgan fingerprint density at radius 3 is 2.77 bits per heavy atom. The Morgan fingerprint density at radius 2 is 2.09 bits per heavy atom. The van der Waals surface area contributed by atoms with Crippen molar-refractivity contribution < 1.29 is 4.79 Å². The van der Waals surface area contributed by atoms with Crippen molar-refractivity contribution >= 4 is 29.1 Å². The van der Waals surface area contributed by atoms with Gasteiger partial charge in [0.2, 0.25) is 5.91 Å². The van der Waals surface area contributed by atoms with Crippen LogP contribution in [0.3, 0.4) is 0 Å². The van der Waals surface area contributed by atoms with E-state index in [1.165, 1.54) is 0 Å². The van der Waals surface area contributed by atoms with E-state index in [0.29, 0.717) is 29.4 Å². The van der Waals surface area contributed by atoms with E-state index >= 15 is 0 Å². The Labute approximate surface area is 138 Å². The van der Waals surface area contributed by atoms with Gasteiger partial charge in [-0.1, -0.05) is 34.5 Å². The van der Waals surface area contributed by atoms with Crippen LogP contribution in [0.15, 0.2) is 30.6 Å². The van der Waals surface area contributed by atoms with Crippen LogP contribution in [-0.4, -0.2) is 38.9 Å². The summed E-state index contributed by atoms with van der Waals surface area (Å²) in [6, 6.07) is 5.61. The first kappa shape index (κ1) is 15.3. The van der Waals surface area contributed by atoms with Crippen molar-refractivity contribution in [2.45, 2.75) is 25.3 Å². The molecule has 7 heteroatoms. The summed E-state index contributed by atoms with van der Waals surface area (Å²) < 4.78 is 1.82. The molecule has 0 saturated carbocycles. The Balaban J connectivity index is 1.57. The van der Waals surface area contributed by atoms with Crippen LogP contribution in [0.2, 0.25) is 10.0 Å². The molecule has 2 aromatic rings. The molecule has 5 nitrogen and oxygen atoms in total. The van der Waals surface area contributed by atoms with Crippen molar-refractivity contribution in [3.8, 4) is 0 Å². The zero-order chi connectivity index (χ0) is 15.5. The van der Waals surface area contributed by atoms with Gasteiger partial charge in [-0.3, -0.25) is 4.79 Å². The van der Waals surface area contributed by atoms with Gasteiger partial charge in [0.25, 0.3) is 0 Å². The summed E-state index contributed by atoms with van der Waals surface area (Å²) in [5.74, 6) is 0.124. The van der Waals surface area contributed by atoms with Gasteiger partial charge in [0.05, 0.1) is 12.2 Å². The second-order valence-electron chi connectivity index (χ2n) is 5.37. The molecule has 0 bridgehead atoms. The third-order valence-corrected chi connectivity index (χ3v) is 4.69. The van der Waals surface area contributed by atoms with Gasteiger partial charge < -0.3 is 4.90 Å². The number of nitrogens with zero attached hydrogens (tertiary/aromatic N) is 4. The van der Waals surface area contributed by atoms with Crippen LogP contribution >= 0.6 is 23.2 Å². The molecule has 1 aromatic heterocycles. The standard InChI is InChI=1S/C15H16Cl2N4O/c16-13-2-1-3-14(17)12(13)4-5-15(22)20-8-6-11(10-20)21-9-7-18-19-21/h1-3,7,9,11H,4-6,8,10H2/t11-/m0/s1. The summed E-state index contributed by atoms with van der Waals surface area (Å²) >= 11 is 12.3. The summed E-state index contributed by atoms with van der Waals surface area (Å²) in [6.07, 6.45) is 5.36. The number of aromatic nitrogens is 3. The molecular formula is C15H16Cl2N4O. The van der Waals surface area contributed by atoms with Crippen molar-refractivity contribution in [1.29, 1.82) is 0 Å². The van der Waals surface area contributed by atoms with Crippen molar-refractivity contribution in [1.82, 2.24) is 19.9 Å². The molecule has 1 saturated heterocycles. The predicted octanol–water partition coefficient (Wildman–Crippen LogP) is 2.99. The van der Waals surface area contributed by atoms with Crippen molar-refractivity contribution in [2.75, 3.05) is 13.1 Å². The van der Waals surface area contributed by atoms with Crippen molar-refractivity contribution in [3.63, 3.8) is 0 Å².